The largest absolute Gasteiger partial charge is 0.497 e. The van der Waals surface area contributed by atoms with Gasteiger partial charge in [-0.3, -0.25) is 4.79 Å². The molecule has 0 saturated heterocycles. The van der Waals surface area contributed by atoms with E-state index in [1.165, 1.54) is 17.9 Å². The van der Waals surface area contributed by atoms with Crippen LogP contribution in [0.25, 0.3) is 0 Å². The molecule has 2 heterocycles. The highest BCUT2D eigenvalue weighted by atomic mass is 19.1. The Morgan fingerprint density at radius 2 is 2.32 bits per heavy atom. The van der Waals surface area contributed by atoms with Gasteiger partial charge in [0.2, 0.25) is 5.95 Å². The number of hydrogen-bond donors (Lipinski definition) is 2. The highest BCUT2D eigenvalue weighted by molar-refractivity contribution is 5.75. The zero-order chi connectivity index (χ0) is 15.9. The number of anilines is 1. The number of hydrogen-bond acceptors (Lipinski definition) is 5. The van der Waals surface area contributed by atoms with Gasteiger partial charge in [0.1, 0.15) is 23.3 Å². The van der Waals surface area contributed by atoms with Crippen LogP contribution in [0.2, 0.25) is 0 Å². The van der Waals surface area contributed by atoms with Crippen molar-refractivity contribution in [1.29, 1.82) is 0 Å². The number of carboxylic acids is 1. The molecule has 116 valence electrons. The van der Waals surface area contributed by atoms with Crippen molar-refractivity contribution in [3.63, 3.8) is 0 Å². The Labute approximate surface area is 125 Å². The molecule has 1 aliphatic heterocycles. The number of rotatable bonds is 3. The van der Waals surface area contributed by atoms with Crippen LogP contribution in [-0.2, 0) is 11.3 Å². The number of benzene rings is 1. The average Bonchev–Trinajstić information content (AvgIpc) is 2.85. The van der Waals surface area contributed by atoms with Gasteiger partial charge in [0.15, 0.2) is 0 Å². The summed E-state index contributed by atoms with van der Waals surface area (Å²) in [6.07, 6.45) is 0.247. The first-order chi connectivity index (χ1) is 10.5. The van der Waals surface area contributed by atoms with Gasteiger partial charge in [-0.05, 0) is 18.1 Å². The number of nitrogens with zero attached hydrogens (tertiary/aromatic N) is 3. The number of aliphatic carboxylic acids is 1. The molecule has 3 N–H and O–H groups in total. The van der Waals surface area contributed by atoms with E-state index in [9.17, 15) is 14.3 Å². The maximum atomic E-state index is 14.2. The van der Waals surface area contributed by atoms with Crippen LogP contribution in [-0.4, -0.2) is 33.0 Å². The Balaban J connectivity index is 1.98. The summed E-state index contributed by atoms with van der Waals surface area (Å²) in [5.41, 5.74) is 5.98. The molecule has 3 rings (SSSR count). The molecular formula is C14H15FN4O3. The van der Waals surface area contributed by atoms with Crippen LogP contribution in [0.3, 0.4) is 0 Å². The lowest BCUT2D eigenvalue weighted by atomic mass is 9.85. The van der Waals surface area contributed by atoms with E-state index in [0.717, 1.165) is 0 Å². The predicted molar refractivity (Wildman–Crippen MR) is 75.1 cm³/mol. The third-order valence-electron chi connectivity index (χ3n) is 3.89. The molecule has 2 atom stereocenters. The van der Waals surface area contributed by atoms with E-state index in [2.05, 4.69) is 10.1 Å². The molecule has 0 radical (unpaired) electrons. The average molecular weight is 306 g/mol. The SMILES string of the molecule is COc1ccc(C2CC(C(=O)O)c3nc(N)nn3C2)c(F)c1. The fourth-order valence-electron chi connectivity index (χ4n) is 2.84. The van der Waals surface area contributed by atoms with Crippen molar-refractivity contribution < 1.29 is 19.0 Å². The first kappa shape index (κ1) is 14.3. The smallest absolute Gasteiger partial charge is 0.314 e. The second-order valence-electron chi connectivity index (χ2n) is 5.22. The third kappa shape index (κ3) is 2.36. The number of nitrogens with two attached hydrogens (primary N) is 1. The molecule has 0 spiro atoms. The minimum atomic E-state index is -1.02. The number of ether oxygens (including phenoxy) is 1. The molecule has 2 aromatic rings. The molecule has 0 aliphatic carbocycles. The quantitative estimate of drug-likeness (QED) is 0.887. The first-order valence-corrected chi connectivity index (χ1v) is 6.76. The summed E-state index contributed by atoms with van der Waals surface area (Å²) in [5, 5.41) is 13.4. The highest BCUT2D eigenvalue weighted by Gasteiger charge is 2.36. The van der Waals surface area contributed by atoms with Gasteiger partial charge in [-0.25, -0.2) is 9.07 Å². The second kappa shape index (κ2) is 5.28. The third-order valence-corrected chi connectivity index (χ3v) is 3.89. The summed E-state index contributed by atoms with van der Waals surface area (Å²) >= 11 is 0. The topological polar surface area (TPSA) is 103 Å². The van der Waals surface area contributed by atoms with Crippen molar-refractivity contribution in [2.45, 2.75) is 24.8 Å². The maximum Gasteiger partial charge on any atom is 0.314 e. The van der Waals surface area contributed by atoms with Crippen LogP contribution in [0.1, 0.15) is 29.6 Å². The molecule has 1 aromatic carbocycles. The fraction of sp³-hybridized carbons (Fsp3) is 0.357. The lowest BCUT2D eigenvalue weighted by molar-refractivity contribution is -0.139. The predicted octanol–water partition coefficient (Wildman–Crippen LogP) is 1.36. The van der Waals surface area contributed by atoms with Gasteiger partial charge in [0.05, 0.1) is 13.7 Å². The molecule has 0 bridgehead atoms. The van der Waals surface area contributed by atoms with Gasteiger partial charge >= 0.3 is 5.97 Å². The zero-order valence-corrected chi connectivity index (χ0v) is 11.9. The second-order valence-corrected chi connectivity index (χ2v) is 5.22. The summed E-state index contributed by atoms with van der Waals surface area (Å²) < 4.78 is 20.7. The van der Waals surface area contributed by atoms with Crippen LogP contribution < -0.4 is 10.5 Å². The van der Waals surface area contributed by atoms with Gasteiger partial charge in [-0.1, -0.05) is 6.07 Å². The van der Waals surface area contributed by atoms with Gasteiger partial charge in [0, 0.05) is 12.0 Å². The normalized spacial score (nSPS) is 20.5. The molecule has 7 nitrogen and oxygen atoms in total. The molecule has 1 aromatic heterocycles. The first-order valence-electron chi connectivity index (χ1n) is 6.76. The fourth-order valence-corrected chi connectivity index (χ4v) is 2.84. The van der Waals surface area contributed by atoms with E-state index in [4.69, 9.17) is 10.5 Å². The van der Waals surface area contributed by atoms with Crippen LogP contribution in [0.15, 0.2) is 18.2 Å². The molecule has 0 fully saturated rings. The van der Waals surface area contributed by atoms with Crippen molar-refractivity contribution in [3.05, 3.63) is 35.4 Å². The molecule has 1 aliphatic rings. The van der Waals surface area contributed by atoms with E-state index in [1.54, 1.807) is 12.1 Å². The Hall–Kier alpha value is -2.64. The summed E-state index contributed by atoms with van der Waals surface area (Å²) in [5.74, 6) is -1.87. The Bertz CT molecular complexity index is 731. The molecule has 22 heavy (non-hydrogen) atoms. The monoisotopic (exact) mass is 306 g/mol. The van der Waals surface area contributed by atoms with Crippen LogP contribution in [0.4, 0.5) is 10.3 Å². The molecule has 0 saturated carbocycles. The van der Waals surface area contributed by atoms with Crippen LogP contribution in [0.5, 0.6) is 5.75 Å². The van der Waals surface area contributed by atoms with Crippen molar-refractivity contribution in [2.24, 2.45) is 0 Å². The van der Waals surface area contributed by atoms with Crippen molar-refractivity contribution in [1.82, 2.24) is 14.8 Å². The number of aromatic nitrogens is 3. The summed E-state index contributed by atoms with van der Waals surface area (Å²) in [6, 6.07) is 4.55. The van der Waals surface area contributed by atoms with Crippen molar-refractivity contribution in [3.8, 4) is 5.75 Å². The van der Waals surface area contributed by atoms with Crippen molar-refractivity contribution in [2.75, 3.05) is 12.8 Å². The lowest BCUT2D eigenvalue weighted by Crippen LogP contribution is -2.28. The number of carbonyl (C=O) groups is 1. The van der Waals surface area contributed by atoms with E-state index < -0.39 is 17.7 Å². The zero-order valence-electron chi connectivity index (χ0n) is 11.9. The summed E-state index contributed by atoms with van der Waals surface area (Å²) in [7, 11) is 1.46. The molecule has 2 unspecified atom stereocenters. The van der Waals surface area contributed by atoms with E-state index in [1.807, 2.05) is 0 Å². The van der Waals surface area contributed by atoms with Gasteiger partial charge in [0.25, 0.3) is 0 Å². The van der Waals surface area contributed by atoms with E-state index in [0.29, 0.717) is 23.7 Å². The van der Waals surface area contributed by atoms with Crippen molar-refractivity contribution >= 4 is 11.9 Å². The number of fused-ring (bicyclic) bond motifs is 1. The Morgan fingerprint density at radius 3 is 2.95 bits per heavy atom. The standard InChI is InChI=1S/C14H15FN4O3/c1-22-8-2-3-9(11(15)5-8)7-4-10(13(20)21)12-17-14(16)18-19(12)6-7/h2-3,5,7,10H,4,6H2,1H3,(H2,16,18)(H,20,21). The van der Waals surface area contributed by atoms with Crippen LogP contribution in [0, 0.1) is 5.82 Å². The number of nitrogen functional groups attached to an aromatic ring is 1. The lowest BCUT2D eigenvalue weighted by Gasteiger charge is -2.27. The molecular weight excluding hydrogens is 291 g/mol. The molecule has 0 amide bonds. The summed E-state index contributed by atoms with van der Waals surface area (Å²) in [6.45, 7) is 0.340. The minimum absolute atomic E-state index is 0.0251. The Morgan fingerprint density at radius 1 is 1.55 bits per heavy atom. The Kier molecular flexibility index (Phi) is 3.44. The van der Waals surface area contributed by atoms with Gasteiger partial charge in [-0.2, -0.15) is 4.98 Å². The summed E-state index contributed by atoms with van der Waals surface area (Å²) in [4.78, 5) is 15.4. The number of carboxylic acid groups (broad SMARTS) is 1. The van der Waals surface area contributed by atoms with E-state index in [-0.39, 0.29) is 18.3 Å². The number of halogens is 1. The molecule has 8 heteroatoms. The van der Waals surface area contributed by atoms with Gasteiger partial charge in [-0.15, -0.1) is 5.10 Å². The highest BCUT2D eigenvalue weighted by Crippen LogP contribution is 2.37. The minimum Gasteiger partial charge on any atom is -0.497 e. The van der Waals surface area contributed by atoms with Gasteiger partial charge < -0.3 is 15.6 Å². The van der Waals surface area contributed by atoms with E-state index >= 15 is 0 Å². The number of methoxy groups -OCH3 is 1. The van der Waals surface area contributed by atoms with Crippen LogP contribution >= 0.6 is 0 Å². The maximum absolute atomic E-state index is 14.2.